The van der Waals surface area contributed by atoms with Gasteiger partial charge in [-0.05, 0) is 18.2 Å². The molecule has 11 heteroatoms. The first-order valence-corrected chi connectivity index (χ1v) is 8.82. The van der Waals surface area contributed by atoms with Crippen LogP contribution in [-0.4, -0.2) is 23.4 Å². The molecule has 0 spiro atoms. The Morgan fingerprint density at radius 1 is 0.964 bits per heavy atom. The lowest BCUT2D eigenvalue weighted by Gasteiger charge is -2.27. The Labute approximate surface area is 176 Å². The maximum Gasteiger partial charge on any atom is 0.430 e. The highest BCUT2D eigenvalue weighted by Gasteiger charge is 2.48. The maximum absolute atomic E-state index is 13.2. The van der Waals surface area contributed by atoms with Gasteiger partial charge in [-0.2, -0.15) is 13.2 Å². The van der Waals surface area contributed by atoms with Crippen molar-refractivity contribution in [1.29, 1.82) is 0 Å². The lowest BCUT2D eigenvalue weighted by Crippen LogP contribution is -2.40. The van der Waals surface area contributed by atoms with Crippen molar-refractivity contribution in [1.82, 2.24) is 0 Å². The summed E-state index contributed by atoms with van der Waals surface area (Å²) < 4.78 is 49.9. The van der Waals surface area contributed by atoms with Crippen molar-refractivity contribution in [3.8, 4) is 17.2 Å². The first kappa shape index (κ1) is 20.9. The minimum Gasteiger partial charge on any atom is -0.478 e. The van der Waals surface area contributed by atoms with E-state index in [0.717, 1.165) is 12.1 Å². The van der Waals surface area contributed by atoms with Crippen molar-refractivity contribution in [3.63, 3.8) is 0 Å². The number of carboxylic acids is 1. The van der Waals surface area contributed by atoms with Crippen LogP contribution in [0.5, 0.6) is 17.2 Å². The zero-order valence-corrected chi connectivity index (χ0v) is 16.3. The number of hydrogen-bond donors (Lipinski definition) is 1. The van der Waals surface area contributed by atoms with Crippen LogP contribution in [0.3, 0.4) is 0 Å². The third-order valence-corrected chi connectivity index (χ3v) is 4.95. The van der Waals surface area contributed by atoms with E-state index in [-0.39, 0.29) is 42.9 Å². The van der Waals surface area contributed by atoms with Crippen LogP contribution in [0.1, 0.15) is 5.56 Å². The number of ether oxygens (including phenoxy) is 2. The zero-order chi connectivity index (χ0) is 20.8. The number of hydrogen-bond acceptors (Lipinski definition) is 3. The van der Waals surface area contributed by atoms with E-state index >= 15 is 0 Å². The van der Waals surface area contributed by atoms with E-state index in [1.807, 2.05) is 0 Å². The summed E-state index contributed by atoms with van der Waals surface area (Å²) >= 11 is 23.9. The number of fused-ring (bicyclic) bond motifs is 1. The average molecular weight is 474 g/mol. The largest absolute Gasteiger partial charge is 0.478 e. The van der Waals surface area contributed by atoms with E-state index in [1.165, 1.54) is 18.2 Å². The van der Waals surface area contributed by atoms with Crippen LogP contribution in [-0.2, 0) is 4.79 Å². The molecular formula is C17H7Cl4F3O4. The molecule has 0 amide bonds. The van der Waals surface area contributed by atoms with Crippen molar-refractivity contribution in [2.45, 2.75) is 12.3 Å². The molecule has 2 aromatic rings. The average Bonchev–Trinajstić information content (AvgIpc) is 2.58. The fourth-order valence-corrected chi connectivity index (χ4v) is 3.18. The minimum absolute atomic E-state index is 0.0177. The molecule has 0 saturated carbocycles. The molecule has 28 heavy (non-hydrogen) atoms. The summed E-state index contributed by atoms with van der Waals surface area (Å²) in [5.41, 5.74) is -0.909. The highest BCUT2D eigenvalue weighted by molar-refractivity contribution is 6.43. The molecule has 0 aromatic heterocycles. The summed E-state index contributed by atoms with van der Waals surface area (Å²) in [7, 11) is 0. The van der Waals surface area contributed by atoms with E-state index in [1.54, 1.807) is 0 Å². The van der Waals surface area contributed by atoms with E-state index < -0.39 is 23.8 Å². The SMILES string of the molecule is O=C(O)C1=Cc2cc(Cl)c(Oc3cc(Cl)c(Cl)cc3Cl)cc2OC1C(F)(F)F. The van der Waals surface area contributed by atoms with E-state index in [9.17, 15) is 18.0 Å². The number of aliphatic carboxylic acids is 1. The Morgan fingerprint density at radius 2 is 1.54 bits per heavy atom. The monoisotopic (exact) mass is 472 g/mol. The van der Waals surface area contributed by atoms with Crippen LogP contribution in [0.25, 0.3) is 6.08 Å². The molecule has 0 aliphatic carbocycles. The Bertz CT molecular complexity index is 1000. The summed E-state index contributed by atoms with van der Waals surface area (Å²) in [5, 5.41) is 9.44. The van der Waals surface area contributed by atoms with E-state index in [0.29, 0.717) is 0 Å². The maximum atomic E-state index is 13.2. The number of rotatable bonds is 3. The fraction of sp³-hybridized carbons (Fsp3) is 0.118. The predicted molar refractivity (Wildman–Crippen MR) is 99.1 cm³/mol. The van der Waals surface area contributed by atoms with Gasteiger partial charge >= 0.3 is 12.1 Å². The summed E-state index contributed by atoms with van der Waals surface area (Å²) in [6.07, 6.45) is -6.73. The quantitative estimate of drug-likeness (QED) is 0.493. The Hall–Kier alpha value is -1.80. The van der Waals surface area contributed by atoms with Crippen molar-refractivity contribution in [2.24, 2.45) is 0 Å². The molecule has 148 valence electrons. The van der Waals surface area contributed by atoms with Gasteiger partial charge in [0.1, 0.15) is 17.2 Å². The van der Waals surface area contributed by atoms with Gasteiger partial charge in [0.05, 0.1) is 25.7 Å². The Balaban J connectivity index is 2.04. The highest BCUT2D eigenvalue weighted by Crippen LogP contribution is 2.44. The molecule has 1 N–H and O–H groups in total. The number of carbonyl (C=O) groups is 1. The summed E-state index contributed by atoms with van der Waals surface area (Å²) in [5.74, 6) is -2.04. The molecule has 2 aromatic carbocycles. The van der Waals surface area contributed by atoms with Crippen LogP contribution in [0.15, 0.2) is 29.8 Å². The predicted octanol–water partition coefficient (Wildman–Crippen LogP) is 6.88. The Kier molecular flexibility index (Phi) is 5.64. The van der Waals surface area contributed by atoms with Crippen molar-refractivity contribution in [3.05, 3.63) is 55.5 Å². The summed E-state index contributed by atoms with van der Waals surface area (Å²) in [4.78, 5) is 11.2. The molecule has 4 nitrogen and oxygen atoms in total. The van der Waals surface area contributed by atoms with Gasteiger partial charge in [-0.3, -0.25) is 0 Å². The topological polar surface area (TPSA) is 55.8 Å². The lowest BCUT2D eigenvalue weighted by atomic mass is 10.0. The second-order valence-corrected chi connectivity index (χ2v) is 7.19. The Morgan fingerprint density at radius 3 is 2.14 bits per heavy atom. The molecule has 3 rings (SSSR count). The smallest absolute Gasteiger partial charge is 0.430 e. The normalized spacial score (nSPS) is 16.1. The molecule has 1 aliphatic rings. The molecule has 1 aliphatic heterocycles. The second kappa shape index (κ2) is 7.55. The van der Waals surface area contributed by atoms with Gasteiger partial charge in [-0.25, -0.2) is 4.79 Å². The highest BCUT2D eigenvalue weighted by atomic mass is 35.5. The van der Waals surface area contributed by atoms with Gasteiger partial charge in [-0.1, -0.05) is 46.4 Å². The van der Waals surface area contributed by atoms with Crippen molar-refractivity contribution < 1.29 is 32.5 Å². The van der Waals surface area contributed by atoms with Gasteiger partial charge in [0.2, 0.25) is 6.10 Å². The first-order valence-electron chi connectivity index (χ1n) is 7.31. The van der Waals surface area contributed by atoms with Crippen LogP contribution in [0.2, 0.25) is 20.1 Å². The van der Waals surface area contributed by atoms with Gasteiger partial charge < -0.3 is 14.6 Å². The van der Waals surface area contributed by atoms with Gasteiger partial charge in [0.15, 0.2) is 0 Å². The van der Waals surface area contributed by atoms with Gasteiger partial charge in [0.25, 0.3) is 0 Å². The number of carboxylic acid groups (broad SMARTS) is 1. The molecule has 1 heterocycles. The minimum atomic E-state index is -4.93. The summed E-state index contributed by atoms with van der Waals surface area (Å²) in [6.45, 7) is 0. The third kappa shape index (κ3) is 4.12. The van der Waals surface area contributed by atoms with Crippen LogP contribution >= 0.6 is 46.4 Å². The lowest BCUT2D eigenvalue weighted by molar-refractivity contribution is -0.187. The molecule has 0 bridgehead atoms. The molecule has 1 atom stereocenters. The molecule has 0 saturated heterocycles. The first-order chi connectivity index (χ1) is 13.0. The van der Waals surface area contributed by atoms with E-state index in [2.05, 4.69) is 0 Å². The number of halogens is 7. The van der Waals surface area contributed by atoms with Crippen molar-refractivity contribution >= 4 is 58.4 Å². The number of benzene rings is 2. The molecule has 0 radical (unpaired) electrons. The molecule has 0 fully saturated rings. The van der Waals surface area contributed by atoms with Gasteiger partial charge in [-0.15, -0.1) is 0 Å². The van der Waals surface area contributed by atoms with Crippen LogP contribution in [0, 0.1) is 0 Å². The third-order valence-electron chi connectivity index (χ3n) is 3.64. The van der Waals surface area contributed by atoms with Crippen LogP contribution < -0.4 is 9.47 Å². The van der Waals surface area contributed by atoms with Crippen molar-refractivity contribution in [2.75, 3.05) is 0 Å². The molecular weight excluding hydrogens is 467 g/mol. The van der Waals surface area contributed by atoms with E-state index in [4.69, 9.17) is 61.0 Å². The summed E-state index contributed by atoms with van der Waals surface area (Å²) in [6, 6.07) is 4.95. The second-order valence-electron chi connectivity index (χ2n) is 5.56. The fourth-order valence-electron chi connectivity index (χ4n) is 2.39. The zero-order valence-electron chi connectivity index (χ0n) is 13.3. The standard InChI is InChI=1S/C17H7Cl4F3O4/c18-8-3-11(21)13(4-9(8)19)27-14-5-12-6(2-10(14)20)1-7(16(25)26)15(28-12)17(22,23)24/h1-5,15H,(H,25,26). The van der Waals surface area contributed by atoms with Gasteiger partial charge in [0, 0.05) is 17.7 Å². The molecule has 1 unspecified atom stereocenters. The number of alkyl halides is 3. The van der Waals surface area contributed by atoms with Crippen LogP contribution in [0.4, 0.5) is 13.2 Å².